The van der Waals surface area contributed by atoms with Gasteiger partial charge in [0.15, 0.2) is 5.82 Å². The smallest absolute Gasteiger partial charge is 0.164 e. The van der Waals surface area contributed by atoms with Crippen LogP contribution in [0.4, 0.5) is 0 Å². The van der Waals surface area contributed by atoms with Crippen LogP contribution < -0.4 is 0 Å². The highest BCUT2D eigenvalue weighted by Gasteiger charge is 2.20. The van der Waals surface area contributed by atoms with Gasteiger partial charge in [-0.3, -0.25) is 9.55 Å². The summed E-state index contributed by atoms with van der Waals surface area (Å²) in [5.74, 6) is -1.61. The van der Waals surface area contributed by atoms with E-state index in [1.165, 1.54) is 18.5 Å². The van der Waals surface area contributed by atoms with Crippen LogP contribution in [0.2, 0.25) is 0 Å². The van der Waals surface area contributed by atoms with Gasteiger partial charge in [-0.25, -0.2) is 9.97 Å². The first kappa shape index (κ1) is 11.2. The molecule has 9 rings (SSSR count). The molecule has 0 saturated carbocycles. The maximum absolute atomic E-state index is 9.66. The largest absolute Gasteiger partial charge is 0.307 e. The maximum atomic E-state index is 9.66. The SMILES string of the molecule is [2H]c1c(-c2c([2H])c([2H])c([2H])c([2H])c2[2H])nc(-c2c([2H])c([2H])c([2H])c([2H])c2-n2c3cnccc3c3c([2H])c([2H])c([2H])c([2H])c32)nc1-n1c2c([2H])c([2H])c([2H])c([2H])c2c2c([2H])c([2H])c([2H])c([2H])c21. The zero-order valence-electron chi connectivity index (χ0n) is 44.0. The molecule has 5 heteroatoms. The van der Waals surface area contributed by atoms with Crippen molar-refractivity contribution in [2.24, 2.45) is 0 Å². The van der Waals surface area contributed by atoms with Gasteiger partial charge < -0.3 is 4.57 Å². The number of hydrogen-bond acceptors (Lipinski definition) is 3. The van der Waals surface area contributed by atoms with Crippen LogP contribution in [-0.2, 0) is 0 Å². The normalized spacial score (nSPS) is 18.6. The molecule has 0 N–H and O–H groups in total. The minimum absolute atomic E-state index is 0.00310. The molecule has 0 aliphatic carbocycles. The van der Waals surface area contributed by atoms with Crippen LogP contribution in [0.3, 0.4) is 0 Å². The highest BCUT2D eigenvalue weighted by atomic mass is 15.1. The first-order valence-electron chi connectivity index (χ1n) is 23.9. The molecule has 9 aromatic rings. The molecule has 0 bridgehead atoms. The van der Waals surface area contributed by atoms with Gasteiger partial charge in [0.05, 0.1) is 69.8 Å². The molecule has 5 nitrogen and oxygen atoms in total. The topological polar surface area (TPSA) is 48.5 Å². The second kappa shape index (κ2) is 9.75. The van der Waals surface area contributed by atoms with Crippen molar-refractivity contribution in [3.8, 4) is 34.2 Å². The fourth-order valence-electron chi connectivity index (χ4n) is 5.16. The Bertz CT molecular complexity index is 3640. The van der Waals surface area contributed by atoms with Gasteiger partial charge in [-0.2, -0.15) is 0 Å². The van der Waals surface area contributed by atoms with Gasteiger partial charge in [-0.15, -0.1) is 0 Å². The Morgan fingerprint density at radius 2 is 1.11 bits per heavy atom. The minimum Gasteiger partial charge on any atom is -0.307 e. The lowest BCUT2D eigenvalue weighted by Gasteiger charge is -2.15. The van der Waals surface area contributed by atoms with Gasteiger partial charge in [0.2, 0.25) is 0 Å². The molecule has 0 saturated heterocycles. The molecule has 0 atom stereocenters. The summed E-state index contributed by atoms with van der Waals surface area (Å²) in [4.78, 5) is 13.2. The number of fused-ring (bicyclic) bond motifs is 6. The number of aromatic nitrogens is 5. The quantitative estimate of drug-likeness (QED) is 0.207. The lowest BCUT2D eigenvalue weighted by atomic mass is 10.1. The predicted molar refractivity (Wildman–Crippen MR) is 179 cm³/mol. The summed E-state index contributed by atoms with van der Waals surface area (Å²) in [7, 11) is 0. The van der Waals surface area contributed by atoms with Crippen molar-refractivity contribution < 1.29 is 30.2 Å². The van der Waals surface area contributed by atoms with E-state index in [1.807, 2.05) is 0 Å². The number of benzene rings is 5. The van der Waals surface area contributed by atoms with Crippen molar-refractivity contribution in [3.05, 3.63) is 151 Å². The van der Waals surface area contributed by atoms with E-state index >= 15 is 0 Å². The fraction of sp³-hybridized carbons (Fsp3) is 0. The van der Waals surface area contributed by atoms with Gasteiger partial charge in [0.1, 0.15) is 5.82 Å². The van der Waals surface area contributed by atoms with E-state index in [2.05, 4.69) is 15.0 Å². The van der Waals surface area contributed by atoms with Crippen molar-refractivity contribution in [1.29, 1.82) is 0 Å². The average molecular weight is 586 g/mol. The third-order valence-corrected chi connectivity index (χ3v) is 6.96. The van der Waals surface area contributed by atoms with Crippen LogP contribution >= 0.6 is 0 Å². The molecular formula is C39H25N5. The highest BCUT2D eigenvalue weighted by molar-refractivity contribution is 6.10. The standard InChI is InChI=1S/C39H25N5/c1-2-12-26(13-3-1)32-24-38(44-34-19-9-5-14-27(34)28-15-6-10-20-35(28)44)42-39(41-32)31-17-7-11-21-36(31)43-33-18-8-4-16-29(33)30-22-23-40-25-37(30)43/h1-25H/i1D,2D,3D,4D,5D,6D,7D,8D,9D,10D,11D,12D,13D,14D,15D,16D,17D,18D,19D,20D,21D,24D. The Kier molecular flexibility index (Phi) is 2.48. The average Bonchev–Trinajstić information content (AvgIpc) is 3.84. The van der Waals surface area contributed by atoms with E-state index in [0.29, 0.717) is 0 Å². The number of nitrogens with zero attached hydrogens (tertiary/aromatic N) is 5. The van der Waals surface area contributed by atoms with Crippen molar-refractivity contribution in [2.45, 2.75) is 0 Å². The van der Waals surface area contributed by atoms with Crippen LogP contribution in [0.25, 0.3) is 77.8 Å². The third kappa shape index (κ3) is 3.69. The molecular weight excluding hydrogens is 538 g/mol. The molecule has 5 aromatic carbocycles. The van der Waals surface area contributed by atoms with Gasteiger partial charge in [0.25, 0.3) is 0 Å². The molecule has 0 unspecified atom stereocenters. The van der Waals surface area contributed by atoms with E-state index in [0.717, 1.165) is 9.13 Å². The highest BCUT2D eigenvalue weighted by Crippen LogP contribution is 2.37. The van der Waals surface area contributed by atoms with Crippen LogP contribution in [0.1, 0.15) is 30.2 Å². The summed E-state index contributed by atoms with van der Waals surface area (Å²) in [6, 6.07) is -16.3. The molecule has 0 spiro atoms. The zero-order valence-corrected chi connectivity index (χ0v) is 22.0. The Morgan fingerprint density at radius 3 is 1.84 bits per heavy atom. The van der Waals surface area contributed by atoms with Crippen LogP contribution in [0.15, 0.2) is 151 Å². The Hall–Kier alpha value is -6.07. The summed E-state index contributed by atoms with van der Waals surface area (Å²) >= 11 is 0. The number of rotatable bonds is 4. The predicted octanol–water partition coefficient (Wildman–Crippen LogP) is 9.40. The summed E-state index contributed by atoms with van der Waals surface area (Å²) < 4.78 is 196. The lowest BCUT2D eigenvalue weighted by molar-refractivity contribution is 1.04. The first-order chi connectivity index (χ1) is 31.0. The lowest BCUT2D eigenvalue weighted by Crippen LogP contribution is -2.04. The maximum Gasteiger partial charge on any atom is 0.164 e. The van der Waals surface area contributed by atoms with Gasteiger partial charge in [-0.1, -0.05) is 96.7 Å². The van der Waals surface area contributed by atoms with E-state index in [1.54, 1.807) is 0 Å². The van der Waals surface area contributed by atoms with Crippen molar-refractivity contribution >= 4 is 43.6 Å². The monoisotopic (exact) mass is 585 g/mol. The number of pyridine rings is 1. The molecule has 0 amide bonds. The summed E-state index contributed by atoms with van der Waals surface area (Å²) in [5.41, 5.74) is -4.13. The minimum atomic E-state index is -0.937. The van der Waals surface area contributed by atoms with E-state index in [4.69, 9.17) is 26.0 Å². The molecule has 4 heterocycles. The van der Waals surface area contributed by atoms with Gasteiger partial charge in [0, 0.05) is 44.9 Å². The second-order valence-corrected chi connectivity index (χ2v) is 9.30. The second-order valence-electron chi connectivity index (χ2n) is 9.30. The molecule has 206 valence electrons. The summed E-state index contributed by atoms with van der Waals surface area (Å²) in [5, 5.41) is -0.794. The van der Waals surface area contributed by atoms with E-state index in [-0.39, 0.29) is 21.8 Å². The van der Waals surface area contributed by atoms with Crippen molar-refractivity contribution in [2.75, 3.05) is 0 Å². The molecule has 0 aliphatic rings. The summed E-state index contributed by atoms with van der Waals surface area (Å²) in [6.07, 6.45) is 2.57. The number of para-hydroxylation sites is 4. The van der Waals surface area contributed by atoms with Crippen molar-refractivity contribution in [3.63, 3.8) is 0 Å². The molecule has 44 heavy (non-hydrogen) atoms. The molecule has 0 aliphatic heterocycles. The van der Waals surface area contributed by atoms with Gasteiger partial charge in [-0.05, 0) is 36.3 Å². The van der Waals surface area contributed by atoms with Crippen LogP contribution in [0, 0.1) is 0 Å². The van der Waals surface area contributed by atoms with Gasteiger partial charge >= 0.3 is 0 Å². The molecule has 4 aromatic heterocycles. The van der Waals surface area contributed by atoms with Crippen LogP contribution in [0.5, 0.6) is 0 Å². The first-order valence-corrected chi connectivity index (χ1v) is 12.9. The Labute approximate surface area is 284 Å². The summed E-state index contributed by atoms with van der Waals surface area (Å²) in [6.45, 7) is 0. The van der Waals surface area contributed by atoms with E-state index in [9.17, 15) is 4.11 Å². The Balaban J connectivity index is 1.58. The van der Waals surface area contributed by atoms with E-state index < -0.39 is 189 Å². The molecule has 0 fully saturated rings. The molecule has 0 radical (unpaired) electrons. The number of hydrogen-bond donors (Lipinski definition) is 0. The van der Waals surface area contributed by atoms with Crippen LogP contribution in [-0.4, -0.2) is 24.1 Å². The fourth-order valence-corrected chi connectivity index (χ4v) is 5.16. The van der Waals surface area contributed by atoms with Crippen molar-refractivity contribution in [1.82, 2.24) is 24.1 Å². The Morgan fingerprint density at radius 1 is 0.523 bits per heavy atom. The third-order valence-electron chi connectivity index (χ3n) is 6.96. The zero-order chi connectivity index (χ0) is 48.2.